The largest absolute Gasteiger partial charge is 0.467 e. The second kappa shape index (κ2) is 8.96. The summed E-state index contributed by atoms with van der Waals surface area (Å²) in [5, 5.41) is 13.9. The number of benzene rings is 1. The van der Waals surface area contributed by atoms with E-state index in [-0.39, 0.29) is 23.2 Å². The molecule has 3 aromatic rings. The molecule has 0 aliphatic carbocycles. The first-order valence-corrected chi connectivity index (χ1v) is 9.85. The summed E-state index contributed by atoms with van der Waals surface area (Å²) in [5.74, 6) is 0.171. The Kier molecular flexibility index (Phi) is 6.33. The van der Waals surface area contributed by atoms with Crippen molar-refractivity contribution in [1.82, 2.24) is 25.3 Å². The third-order valence-electron chi connectivity index (χ3n) is 4.66. The molecule has 5 N–H and O–H groups in total. The number of carbonyl (C=O) groups excluding carboxylic acids is 1. The van der Waals surface area contributed by atoms with Crippen LogP contribution in [0.5, 0.6) is 6.01 Å². The maximum atomic E-state index is 12.7. The van der Waals surface area contributed by atoms with Crippen LogP contribution in [0.3, 0.4) is 0 Å². The summed E-state index contributed by atoms with van der Waals surface area (Å²) in [6.45, 7) is 7.60. The SMILES string of the molecule is COc1ncc2ncnc(Nc3cc(C(=O)N/C(N)=C/C(=N)C(C)(C)C)ccc3C)c2n1. The summed E-state index contributed by atoms with van der Waals surface area (Å²) < 4.78 is 5.10. The monoisotopic (exact) mass is 434 g/mol. The fourth-order valence-electron chi connectivity index (χ4n) is 2.66. The molecule has 3 rings (SSSR count). The zero-order valence-corrected chi connectivity index (χ0v) is 18.6. The van der Waals surface area contributed by atoms with Gasteiger partial charge in [-0.25, -0.2) is 15.0 Å². The number of aryl methyl sites for hydroxylation is 1. The highest BCUT2D eigenvalue weighted by Crippen LogP contribution is 2.25. The first-order chi connectivity index (χ1) is 15.1. The van der Waals surface area contributed by atoms with E-state index in [0.717, 1.165) is 5.56 Å². The Hall–Kier alpha value is -4.08. The minimum Gasteiger partial charge on any atom is -0.467 e. The summed E-state index contributed by atoms with van der Waals surface area (Å²) in [6.07, 6.45) is 4.41. The molecule has 32 heavy (non-hydrogen) atoms. The number of anilines is 2. The zero-order chi connectivity index (χ0) is 23.5. The van der Waals surface area contributed by atoms with E-state index < -0.39 is 0 Å². The Morgan fingerprint density at radius 3 is 2.66 bits per heavy atom. The van der Waals surface area contributed by atoms with Crippen LogP contribution in [0, 0.1) is 17.7 Å². The molecular weight excluding hydrogens is 408 g/mol. The van der Waals surface area contributed by atoms with Gasteiger partial charge in [-0.2, -0.15) is 4.98 Å². The molecule has 0 unspecified atom stereocenters. The second-order valence-electron chi connectivity index (χ2n) is 8.19. The summed E-state index contributed by atoms with van der Waals surface area (Å²) in [7, 11) is 1.48. The first-order valence-electron chi connectivity index (χ1n) is 9.85. The molecule has 0 atom stereocenters. The fourth-order valence-corrected chi connectivity index (χ4v) is 2.66. The van der Waals surface area contributed by atoms with Gasteiger partial charge >= 0.3 is 6.01 Å². The van der Waals surface area contributed by atoms with Gasteiger partial charge in [-0.15, -0.1) is 0 Å². The average molecular weight is 435 g/mol. The van der Waals surface area contributed by atoms with Crippen LogP contribution in [0.2, 0.25) is 0 Å². The van der Waals surface area contributed by atoms with Gasteiger partial charge in [-0.3, -0.25) is 4.79 Å². The Morgan fingerprint density at radius 1 is 1.22 bits per heavy atom. The van der Waals surface area contributed by atoms with Gasteiger partial charge in [-0.05, 0) is 30.7 Å². The maximum Gasteiger partial charge on any atom is 0.316 e. The van der Waals surface area contributed by atoms with Crippen molar-refractivity contribution in [2.75, 3.05) is 12.4 Å². The molecule has 0 aliphatic heterocycles. The van der Waals surface area contributed by atoms with Crippen LogP contribution in [0.4, 0.5) is 11.5 Å². The molecule has 0 bridgehead atoms. The lowest BCUT2D eigenvalue weighted by Crippen LogP contribution is -2.29. The third kappa shape index (κ3) is 5.15. The highest BCUT2D eigenvalue weighted by molar-refractivity contribution is 6.00. The van der Waals surface area contributed by atoms with Crippen LogP contribution >= 0.6 is 0 Å². The van der Waals surface area contributed by atoms with Crippen molar-refractivity contribution in [3.8, 4) is 6.01 Å². The number of fused-ring (bicyclic) bond motifs is 1. The predicted octanol–water partition coefficient (Wildman–Crippen LogP) is 3.08. The van der Waals surface area contributed by atoms with E-state index in [1.165, 1.54) is 19.5 Å². The van der Waals surface area contributed by atoms with Crippen molar-refractivity contribution in [3.05, 3.63) is 53.7 Å². The smallest absolute Gasteiger partial charge is 0.316 e. The van der Waals surface area contributed by atoms with Crippen LogP contribution in [-0.4, -0.2) is 38.7 Å². The quantitative estimate of drug-likeness (QED) is 0.432. The first kappa shape index (κ1) is 22.6. The van der Waals surface area contributed by atoms with Crippen molar-refractivity contribution >= 4 is 34.2 Å². The molecule has 166 valence electrons. The van der Waals surface area contributed by atoms with Gasteiger partial charge in [0.1, 0.15) is 23.2 Å². The fraction of sp³-hybridized carbons (Fsp3) is 0.273. The van der Waals surface area contributed by atoms with Crippen molar-refractivity contribution in [2.45, 2.75) is 27.7 Å². The number of methoxy groups -OCH3 is 1. The van der Waals surface area contributed by atoms with E-state index in [4.69, 9.17) is 15.9 Å². The molecule has 10 nitrogen and oxygen atoms in total. The van der Waals surface area contributed by atoms with E-state index in [0.29, 0.717) is 33.8 Å². The number of rotatable bonds is 6. The molecule has 1 amide bonds. The third-order valence-corrected chi connectivity index (χ3v) is 4.66. The number of nitrogens with two attached hydrogens (primary N) is 1. The van der Waals surface area contributed by atoms with E-state index >= 15 is 0 Å². The van der Waals surface area contributed by atoms with E-state index in [1.54, 1.807) is 18.3 Å². The van der Waals surface area contributed by atoms with Gasteiger partial charge in [0.2, 0.25) is 0 Å². The lowest BCUT2D eigenvalue weighted by Gasteiger charge is -2.17. The number of ether oxygens (including phenoxy) is 1. The highest BCUT2D eigenvalue weighted by atomic mass is 16.5. The molecule has 1 aromatic carbocycles. The Labute approximate surface area is 185 Å². The highest BCUT2D eigenvalue weighted by Gasteiger charge is 2.17. The molecule has 0 saturated carbocycles. The normalized spacial score (nSPS) is 11.8. The molecule has 0 radical (unpaired) electrons. The lowest BCUT2D eigenvalue weighted by atomic mass is 9.90. The van der Waals surface area contributed by atoms with Gasteiger partial charge in [0, 0.05) is 22.4 Å². The molecule has 2 heterocycles. The topological polar surface area (TPSA) is 152 Å². The number of nitrogens with zero attached hydrogens (tertiary/aromatic N) is 4. The van der Waals surface area contributed by atoms with Gasteiger partial charge in [-0.1, -0.05) is 26.8 Å². The van der Waals surface area contributed by atoms with E-state index in [9.17, 15) is 4.79 Å². The minimum atomic E-state index is -0.389. The van der Waals surface area contributed by atoms with Crippen LogP contribution < -0.4 is 21.1 Å². The van der Waals surface area contributed by atoms with Crippen molar-refractivity contribution in [3.63, 3.8) is 0 Å². The van der Waals surface area contributed by atoms with Crippen LogP contribution in [0.25, 0.3) is 11.0 Å². The minimum absolute atomic E-state index is 0.107. The maximum absolute atomic E-state index is 12.7. The molecule has 0 spiro atoms. The standard InChI is InChI=1S/C22H26N8O2/c1-12-6-7-13(20(31)29-17(24)9-16(23)22(2,3)4)8-14(12)28-19-18-15(26-11-27-19)10-25-21(30-18)32-5/h6-11,23H,24H2,1-5H3,(H,29,31)(H,26,27,28)/b17-9+,23-16?. The summed E-state index contributed by atoms with van der Waals surface area (Å²) >= 11 is 0. The Balaban J connectivity index is 1.87. The van der Waals surface area contributed by atoms with Crippen molar-refractivity contribution in [1.29, 1.82) is 5.41 Å². The number of allylic oxidation sites excluding steroid dienone is 1. The van der Waals surface area contributed by atoms with E-state index in [1.807, 2.05) is 33.8 Å². The van der Waals surface area contributed by atoms with Crippen LogP contribution in [-0.2, 0) is 0 Å². The number of hydrogen-bond acceptors (Lipinski definition) is 9. The summed E-state index contributed by atoms with van der Waals surface area (Å²) in [6, 6.07) is 5.40. The molecule has 0 aliphatic rings. The lowest BCUT2D eigenvalue weighted by molar-refractivity contribution is 0.0965. The Bertz CT molecular complexity index is 1210. The van der Waals surface area contributed by atoms with Crippen molar-refractivity contribution < 1.29 is 9.53 Å². The molecule has 10 heteroatoms. The van der Waals surface area contributed by atoms with Crippen LogP contribution in [0.15, 0.2) is 42.6 Å². The van der Waals surface area contributed by atoms with Crippen molar-refractivity contribution in [2.24, 2.45) is 11.1 Å². The number of nitrogens with one attached hydrogen (secondary N) is 3. The molecule has 0 fully saturated rings. The molecular formula is C22H26N8O2. The van der Waals surface area contributed by atoms with Gasteiger partial charge in [0.25, 0.3) is 5.91 Å². The average Bonchev–Trinajstić information content (AvgIpc) is 2.74. The number of amides is 1. The van der Waals surface area contributed by atoms with Gasteiger partial charge in [0.15, 0.2) is 5.82 Å². The van der Waals surface area contributed by atoms with Gasteiger partial charge in [0.05, 0.1) is 13.3 Å². The summed E-state index contributed by atoms with van der Waals surface area (Å²) in [4.78, 5) is 29.5. The number of carbonyl (C=O) groups is 1. The second-order valence-corrected chi connectivity index (χ2v) is 8.19. The van der Waals surface area contributed by atoms with Crippen LogP contribution in [0.1, 0.15) is 36.7 Å². The van der Waals surface area contributed by atoms with E-state index in [2.05, 4.69) is 30.6 Å². The molecule has 0 saturated heterocycles. The number of hydrogen-bond donors (Lipinski definition) is 4. The number of aromatic nitrogens is 4. The molecule has 2 aromatic heterocycles. The Morgan fingerprint density at radius 2 is 1.97 bits per heavy atom. The summed E-state index contributed by atoms with van der Waals surface area (Å²) in [5.41, 5.74) is 8.85. The van der Waals surface area contributed by atoms with Gasteiger partial charge < -0.3 is 26.5 Å². The predicted molar refractivity (Wildman–Crippen MR) is 123 cm³/mol. The zero-order valence-electron chi connectivity index (χ0n) is 18.6.